The molecule has 7 heteroatoms. The zero-order valence-corrected chi connectivity index (χ0v) is 10.6. The molecule has 0 aliphatic heterocycles. The van der Waals surface area contributed by atoms with Crippen LogP contribution in [0.3, 0.4) is 0 Å². The molecule has 3 N–H and O–H groups in total. The van der Waals surface area contributed by atoms with Gasteiger partial charge in [0.15, 0.2) is 0 Å². The van der Waals surface area contributed by atoms with E-state index >= 15 is 0 Å². The number of aromatic amines is 2. The number of fused-ring (bicyclic) bond motifs is 1. The van der Waals surface area contributed by atoms with E-state index in [1.807, 2.05) is 6.07 Å². The highest BCUT2D eigenvalue weighted by Gasteiger charge is 2.11. The largest absolute Gasteiger partial charge is 0.317 e. The van der Waals surface area contributed by atoms with E-state index in [2.05, 4.69) is 25.5 Å². The summed E-state index contributed by atoms with van der Waals surface area (Å²) in [5.74, 6) is 0.292. The van der Waals surface area contributed by atoms with Crippen LogP contribution in [0, 0.1) is 6.92 Å². The molecular formula is C13H11N5O2. The van der Waals surface area contributed by atoms with Gasteiger partial charge in [-0.3, -0.25) is 20.0 Å². The number of aromatic nitrogens is 4. The Hall–Kier alpha value is -2.96. The molecule has 0 saturated carbocycles. The second-order valence-corrected chi connectivity index (χ2v) is 4.30. The number of carbonyl (C=O) groups is 1. The number of aryl methyl sites for hydroxylation is 1. The lowest BCUT2D eigenvalue weighted by Gasteiger charge is -2.03. The van der Waals surface area contributed by atoms with Crippen molar-refractivity contribution in [3.05, 3.63) is 52.2 Å². The summed E-state index contributed by atoms with van der Waals surface area (Å²) in [7, 11) is 0. The molecule has 0 aliphatic rings. The number of hydrogen-bond donors (Lipinski definition) is 3. The van der Waals surface area contributed by atoms with E-state index < -0.39 is 5.91 Å². The summed E-state index contributed by atoms with van der Waals surface area (Å²) in [4.78, 5) is 30.4. The average Bonchev–Trinajstić information content (AvgIpc) is 2.84. The van der Waals surface area contributed by atoms with Crippen molar-refractivity contribution in [3.63, 3.8) is 0 Å². The van der Waals surface area contributed by atoms with Crippen LogP contribution in [0.25, 0.3) is 10.8 Å². The Morgan fingerprint density at radius 2 is 2.10 bits per heavy atom. The lowest BCUT2D eigenvalue weighted by Crippen LogP contribution is -2.19. The maximum atomic E-state index is 12.0. The van der Waals surface area contributed by atoms with Crippen molar-refractivity contribution >= 4 is 22.6 Å². The van der Waals surface area contributed by atoms with Crippen molar-refractivity contribution in [2.24, 2.45) is 0 Å². The van der Waals surface area contributed by atoms with Crippen LogP contribution in [0.15, 0.2) is 35.1 Å². The number of nitrogens with zero attached hydrogens (tertiary/aromatic N) is 2. The molecule has 0 radical (unpaired) electrons. The summed E-state index contributed by atoms with van der Waals surface area (Å²) in [5.41, 5.74) is -0.143. The molecule has 0 aliphatic carbocycles. The molecule has 1 amide bonds. The maximum absolute atomic E-state index is 12.0. The van der Waals surface area contributed by atoms with Gasteiger partial charge in [0.1, 0.15) is 11.5 Å². The fourth-order valence-corrected chi connectivity index (χ4v) is 1.90. The molecule has 100 valence electrons. The van der Waals surface area contributed by atoms with Crippen LogP contribution in [0.4, 0.5) is 5.95 Å². The zero-order chi connectivity index (χ0) is 14.1. The normalized spacial score (nSPS) is 10.7. The number of pyridine rings is 1. The topological polar surface area (TPSA) is 104 Å². The van der Waals surface area contributed by atoms with Crippen molar-refractivity contribution in [1.29, 1.82) is 0 Å². The highest BCUT2D eigenvalue weighted by Crippen LogP contribution is 2.10. The van der Waals surface area contributed by atoms with E-state index in [0.717, 1.165) is 0 Å². The molecule has 2 aromatic heterocycles. The van der Waals surface area contributed by atoms with E-state index in [0.29, 0.717) is 16.6 Å². The summed E-state index contributed by atoms with van der Waals surface area (Å²) in [5, 5.41) is 10.2. The number of carbonyl (C=O) groups excluding carboxylic acids is 1. The molecule has 0 saturated heterocycles. The molecule has 3 aromatic rings. The third kappa shape index (κ3) is 2.16. The molecule has 0 fully saturated rings. The summed E-state index contributed by atoms with van der Waals surface area (Å²) in [6, 6.07) is 8.67. The first-order valence-corrected chi connectivity index (χ1v) is 5.96. The number of hydrogen-bond acceptors (Lipinski definition) is 4. The van der Waals surface area contributed by atoms with Gasteiger partial charge in [0, 0.05) is 5.39 Å². The second kappa shape index (κ2) is 4.61. The van der Waals surface area contributed by atoms with E-state index in [-0.39, 0.29) is 17.2 Å². The smallest absolute Gasteiger partial charge is 0.274 e. The lowest BCUT2D eigenvalue weighted by atomic mass is 10.1. The van der Waals surface area contributed by atoms with Crippen LogP contribution >= 0.6 is 0 Å². The molecular weight excluding hydrogens is 258 g/mol. The van der Waals surface area contributed by atoms with Gasteiger partial charge < -0.3 is 4.98 Å². The third-order valence-corrected chi connectivity index (χ3v) is 2.82. The van der Waals surface area contributed by atoms with Gasteiger partial charge in [-0.2, -0.15) is 4.98 Å². The predicted molar refractivity (Wildman–Crippen MR) is 73.6 cm³/mol. The van der Waals surface area contributed by atoms with E-state index in [9.17, 15) is 9.59 Å². The molecule has 3 rings (SSSR count). The molecule has 1 aromatic carbocycles. The van der Waals surface area contributed by atoms with E-state index in [1.54, 1.807) is 31.2 Å². The number of anilines is 1. The van der Waals surface area contributed by atoms with Gasteiger partial charge in [-0.05, 0) is 24.4 Å². The fraction of sp³-hybridized carbons (Fsp3) is 0.0769. The predicted octanol–water partition coefficient (Wildman–Crippen LogP) is 1.21. The Balaban J connectivity index is 1.97. The van der Waals surface area contributed by atoms with Gasteiger partial charge >= 0.3 is 0 Å². The molecule has 2 heterocycles. The quantitative estimate of drug-likeness (QED) is 0.650. The van der Waals surface area contributed by atoms with Crippen LogP contribution < -0.4 is 10.9 Å². The summed E-state index contributed by atoms with van der Waals surface area (Å²) in [6.07, 6.45) is 0. The van der Waals surface area contributed by atoms with Gasteiger partial charge in [0.2, 0.25) is 5.95 Å². The van der Waals surface area contributed by atoms with Crippen LogP contribution in [0.5, 0.6) is 0 Å². The number of benzene rings is 1. The summed E-state index contributed by atoms with van der Waals surface area (Å²) >= 11 is 0. The first kappa shape index (κ1) is 12.1. The minimum Gasteiger partial charge on any atom is -0.317 e. The van der Waals surface area contributed by atoms with Crippen LogP contribution in [-0.2, 0) is 0 Å². The molecule has 7 nitrogen and oxygen atoms in total. The standard InChI is InChI=1S/C13H11N5O2/c1-7-14-13(18-17-7)16-12(20)10-6-8-4-2-3-5-9(8)11(19)15-10/h2-6H,1H3,(H,15,19)(H2,14,16,17,18,20). The number of rotatable bonds is 2. The Labute approximate surface area is 113 Å². The van der Waals surface area contributed by atoms with Crippen molar-refractivity contribution in [3.8, 4) is 0 Å². The van der Waals surface area contributed by atoms with Crippen molar-refractivity contribution in [1.82, 2.24) is 20.2 Å². The monoisotopic (exact) mass is 269 g/mol. The molecule has 0 atom stereocenters. The molecule has 0 bridgehead atoms. The highest BCUT2D eigenvalue weighted by molar-refractivity contribution is 6.03. The third-order valence-electron chi connectivity index (χ3n) is 2.82. The second-order valence-electron chi connectivity index (χ2n) is 4.30. The van der Waals surface area contributed by atoms with E-state index in [1.165, 1.54) is 0 Å². The lowest BCUT2D eigenvalue weighted by molar-refractivity contribution is 0.102. The summed E-state index contributed by atoms with van der Waals surface area (Å²) in [6.45, 7) is 1.72. The van der Waals surface area contributed by atoms with Crippen LogP contribution in [-0.4, -0.2) is 26.1 Å². The SMILES string of the molecule is Cc1nc(NC(=O)c2cc3ccccc3c(=O)[nH]2)n[nH]1. The number of H-pyrrole nitrogens is 2. The summed E-state index contributed by atoms with van der Waals surface area (Å²) < 4.78 is 0. The zero-order valence-electron chi connectivity index (χ0n) is 10.6. The van der Waals surface area contributed by atoms with Crippen molar-refractivity contribution < 1.29 is 4.79 Å². The van der Waals surface area contributed by atoms with Gasteiger partial charge in [-0.15, -0.1) is 5.10 Å². The van der Waals surface area contributed by atoms with Gasteiger partial charge in [-0.25, -0.2) is 0 Å². The van der Waals surface area contributed by atoms with Crippen LogP contribution in [0.2, 0.25) is 0 Å². The Kier molecular flexibility index (Phi) is 2.79. The molecule has 20 heavy (non-hydrogen) atoms. The van der Waals surface area contributed by atoms with E-state index in [4.69, 9.17) is 0 Å². The average molecular weight is 269 g/mol. The van der Waals surface area contributed by atoms with Crippen molar-refractivity contribution in [2.75, 3.05) is 5.32 Å². The Morgan fingerprint density at radius 3 is 2.85 bits per heavy atom. The minimum absolute atomic E-state index is 0.163. The fourth-order valence-electron chi connectivity index (χ4n) is 1.90. The molecule has 0 spiro atoms. The highest BCUT2D eigenvalue weighted by atomic mass is 16.2. The first-order chi connectivity index (χ1) is 9.63. The van der Waals surface area contributed by atoms with Crippen LogP contribution in [0.1, 0.15) is 16.3 Å². The number of nitrogens with one attached hydrogen (secondary N) is 3. The Bertz CT molecular complexity index is 849. The number of amides is 1. The van der Waals surface area contributed by atoms with Gasteiger partial charge in [-0.1, -0.05) is 18.2 Å². The molecule has 0 unspecified atom stereocenters. The van der Waals surface area contributed by atoms with Crippen molar-refractivity contribution in [2.45, 2.75) is 6.92 Å². The van der Waals surface area contributed by atoms with Gasteiger partial charge in [0.25, 0.3) is 11.5 Å². The first-order valence-electron chi connectivity index (χ1n) is 5.96. The Morgan fingerprint density at radius 1 is 1.30 bits per heavy atom. The minimum atomic E-state index is -0.466. The maximum Gasteiger partial charge on any atom is 0.274 e. The van der Waals surface area contributed by atoms with Gasteiger partial charge in [0.05, 0.1) is 0 Å².